The molecule has 0 unspecified atom stereocenters. The van der Waals surface area contributed by atoms with E-state index in [4.69, 9.17) is 9.47 Å². The van der Waals surface area contributed by atoms with Gasteiger partial charge < -0.3 is 9.47 Å². The van der Waals surface area contributed by atoms with Crippen molar-refractivity contribution in [2.45, 2.75) is 0 Å². The fraction of sp³-hybridized carbons (Fsp3) is 0.0769. The Bertz CT molecular complexity index is 1070. The minimum atomic E-state index is 0.833. The summed E-state index contributed by atoms with van der Waals surface area (Å²) in [5.41, 5.74) is 6.84. The molecule has 0 aliphatic rings. The zero-order chi connectivity index (χ0) is 19.3. The van der Waals surface area contributed by atoms with Gasteiger partial charge in [0.1, 0.15) is 11.5 Å². The maximum Gasteiger partial charge on any atom is 0.127 e. The summed E-state index contributed by atoms with van der Waals surface area (Å²) in [6.07, 6.45) is 0. The predicted octanol–water partition coefficient (Wildman–Crippen LogP) is 6.70. The number of hydrogen-bond donors (Lipinski definition) is 0. The van der Waals surface area contributed by atoms with Crippen molar-refractivity contribution in [3.05, 3.63) is 97.1 Å². The van der Waals surface area contributed by atoms with E-state index in [0.717, 1.165) is 33.8 Å². The maximum absolute atomic E-state index is 5.69. The molecule has 0 aromatic heterocycles. The molecule has 4 aromatic carbocycles. The molecule has 0 aliphatic carbocycles. The third-order valence-corrected chi connectivity index (χ3v) is 4.91. The van der Waals surface area contributed by atoms with Crippen molar-refractivity contribution in [3.63, 3.8) is 0 Å². The van der Waals surface area contributed by atoms with Crippen LogP contribution in [0.5, 0.6) is 11.5 Å². The second-order valence-electron chi connectivity index (χ2n) is 6.59. The Morgan fingerprint density at radius 3 is 1.75 bits per heavy atom. The van der Waals surface area contributed by atoms with Gasteiger partial charge in [-0.05, 0) is 46.0 Å². The third kappa shape index (κ3) is 3.63. The van der Waals surface area contributed by atoms with Crippen LogP contribution < -0.4 is 9.47 Å². The molecule has 0 heterocycles. The summed E-state index contributed by atoms with van der Waals surface area (Å²) in [6, 6.07) is 33.4. The van der Waals surface area contributed by atoms with Crippen molar-refractivity contribution in [2.75, 3.05) is 14.2 Å². The summed E-state index contributed by atoms with van der Waals surface area (Å²) in [4.78, 5) is 0. The lowest BCUT2D eigenvalue weighted by atomic mass is 9.97. The summed E-state index contributed by atoms with van der Waals surface area (Å²) < 4.78 is 11.0. The summed E-state index contributed by atoms with van der Waals surface area (Å²) >= 11 is 0. The highest BCUT2D eigenvalue weighted by molar-refractivity contribution is 5.78. The summed E-state index contributed by atoms with van der Waals surface area (Å²) in [5, 5.41) is 0. The van der Waals surface area contributed by atoms with Crippen LogP contribution in [0.15, 0.2) is 97.1 Å². The fourth-order valence-corrected chi connectivity index (χ4v) is 3.39. The molecule has 0 fully saturated rings. The van der Waals surface area contributed by atoms with E-state index < -0.39 is 0 Å². The molecule has 28 heavy (non-hydrogen) atoms. The molecule has 2 nitrogen and oxygen atoms in total. The van der Waals surface area contributed by atoms with Gasteiger partial charge in [-0.3, -0.25) is 0 Å². The molecule has 0 saturated heterocycles. The molecule has 0 spiro atoms. The van der Waals surface area contributed by atoms with Gasteiger partial charge in [0.15, 0.2) is 0 Å². The van der Waals surface area contributed by atoms with Gasteiger partial charge in [-0.25, -0.2) is 0 Å². The Kier molecular flexibility index (Phi) is 5.11. The monoisotopic (exact) mass is 366 g/mol. The van der Waals surface area contributed by atoms with Crippen LogP contribution in [0.1, 0.15) is 0 Å². The van der Waals surface area contributed by atoms with Gasteiger partial charge in [0.25, 0.3) is 0 Å². The second kappa shape index (κ2) is 8.01. The van der Waals surface area contributed by atoms with E-state index in [-0.39, 0.29) is 0 Å². The van der Waals surface area contributed by atoms with E-state index in [1.54, 1.807) is 14.2 Å². The first-order chi connectivity index (χ1) is 13.8. The molecular weight excluding hydrogens is 344 g/mol. The molecule has 0 saturated carbocycles. The number of hydrogen-bond acceptors (Lipinski definition) is 2. The van der Waals surface area contributed by atoms with Crippen LogP contribution in [0.4, 0.5) is 0 Å². The lowest BCUT2D eigenvalue weighted by Crippen LogP contribution is -1.90. The minimum Gasteiger partial charge on any atom is -0.497 e. The Labute approximate surface area is 166 Å². The van der Waals surface area contributed by atoms with Crippen LogP contribution in [0.2, 0.25) is 0 Å². The van der Waals surface area contributed by atoms with E-state index in [1.165, 1.54) is 11.1 Å². The number of methoxy groups -OCH3 is 2. The van der Waals surface area contributed by atoms with E-state index in [1.807, 2.05) is 24.3 Å². The molecule has 4 aromatic rings. The van der Waals surface area contributed by atoms with Crippen LogP contribution >= 0.6 is 0 Å². The van der Waals surface area contributed by atoms with Crippen molar-refractivity contribution in [2.24, 2.45) is 0 Å². The van der Waals surface area contributed by atoms with Crippen molar-refractivity contribution in [1.82, 2.24) is 0 Å². The standard InChI is InChI=1S/C26H22O2/c1-27-24-10-6-9-23(17-24)25-16-15-22(18-26(25)28-2)21-13-11-20(12-14-21)19-7-4-3-5-8-19/h3-18H,1-2H3. The lowest BCUT2D eigenvalue weighted by molar-refractivity contribution is 0.414. The Morgan fingerprint density at radius 1 is 0.464 bits per heavy atom. The molecule has 2 heteroatoms. The fourth-order valence-electron chi connectivity index (χ4n) is 3.39. The molecular formula is C26H22O2. The highest BCUT2D eigenvalue weighted by Crippen LogP contribution is 2.36. The number of rotatable bonds is 5. The number of benzene rings is 4. The topological polar surface area (TPSA) is 18.5 Å². The summed E-state index contributed by atoms with van der Waals surface area (Å²) in [6.45, 7) is 0. The van der Waals surface area contributed by atoms with Crippen molar-refractivity contribution in [3.8, 4) is 44.9 Å². The first-order valence-corrected chi connectivity index (χ1v) is 9.27. The van der Waals surface area contributed by atoms with E-state index >= 15 is 0 Å². The SMILES string of the molecule is COc1cccc(-c2ccc(-c3ccc(-c4ccccc4)cc3)cc2OC)c1. The average Bonchev–Trinajstić information content (AvgIpc) is 2.79. The molecule has 0 N–H and O–H groups in total. The normalized spacial score (nSPS) is 10.5. The van der Waals surface area contributed by atoms with Gasteiger partial charge in [0, 0.05) is 5.56 Å². The highest BCUT2D eigenvalue weighted by atomic mass is 16.5. The minimum absolute atomic E-state index is 0.833. The summed E-state index contributed by atoms with van der Waals surface area (Å²) in [5.74, 6) is 1.68. The van der Waals surface area contributed by atoms with E-state index in [2.05, 4.69) is 72.8 Å². The number of ether oxygens (including phenoxy) is 2. The zero-order valence-electron chi connectivity index (χ0n) is 16.1. The van der Waals surface area contributed by atoms with Crippen LogP contribution in [0, 0.1) is 0 Å². The van der Waals surface area contributed by atoms with Gasteiger partial charge in [0.05, 0.1) is 14.2 Å². The van der Waals surface area contributed by atoms with Gasteiger partial charge >= 0.3 is 0 Å². The average molecular weight is 366 g/mol. The molecule has 0 atom stereocenters. The summed E-state index contributed by atoms with van der Waals surface area (Å²) in [7, 11) is 3.39. The molecule has 138 valence electrons. The van der Waals surface area contributed by atoms with E-state index in [0.29, 0.717) is 0 Å². The first-order valence-electron chi connectivity index (χ1n) is 9.27. The predicted molar refractivity (Wildman–Crippen MR) is 116 cm³/mol. The van der Waals surface area contributed by atoms with Crippen molar-refractivity contribution >= 4 is 0 Å². The quantitative estimate of drug-likeness (QED) is 0.391. The smallest absolute Gasteiger partial charge is 0.127 e. The zero-order valence-corrected chi connectivity index (χ0v) is 16.1. The highest BCUT2D eigenvalue weighted by Gasteiger charge is 2.09. The van der Waals surface area contributed by atoms with Crippen LogP contribution in [0.3, 0.4) is 0 Å². The Hall–Kier alpha value is -3.52. The molecule has 0 amide bonds. The van der Waals surface area contributed by atoms with Gasteiger partial charge in [-0.15, -0.1) is 0 Å². The first kappa shape index (κ1) is 17.9. The maximum atomic E-state index is 5.69. The molecule has 0 radical (unpaired) electrons. The van der Waals surface area contributed by atoms with Gasteiger partial charge in [0.2, 0.25) is 0 Å². The molecule has 0 aliphatic heterocycles. The van der Waals surface area contributed by atoms with Gasteiger partial charge in [-0.1, -0.05) is 78.9 Å². The second-order valence-corrected chi connectivity index (χ2v) is 6.59. The Morgan fingerprint density at radius 2 is 1.07 bits per heavy atom. The molecule has 0 bridgehead atoms. The van der Waals surface area contributed by atoms with Crippen LogP contribution in [-0.4, -0.2) is 14.2 Å². The van der Waals surface area contributed by atoms with Crippen LogP contribution in [0.25, 0.3) is 33.4 Å². The van der Waals surface area contributed by atoms with Gasteiger partial charge in [-0.2, -0.15) is 0 Å². The Balaban J connectivity index is 1.67. The lowest BCUT2D eigenvalue weighted by Gasteiger charge is -2.12. The van der Waals surface area contributed by atoms with Crippen molar-refractivity contribution in [1.29, 1.82) is 0 Å². The third-order valence-electron chi connectivity index (χ3n) is 4.91. The molecule has 4 rings (SSSR count). The van der Waals surface area contributed by atoms with E-state index in [9.17, 15) is 0 Å². The largest absolute Gasteiger partial charge is 0.497 e. The van der Waals surface area contributed by atoms with Crippen molar-refractivity contribution < 1.29 is 9.47 Å². The van der Waals surface area contributed by atoms with Crippen LogP contribution in [-0.2, 0) is 0 Å².